The van der Waals surface area contributed by atoms with E-state index in [1.807, 2.05) is 18.2 Å². The second kappa shape index (κ2) is 4.47. The van der Waals surface area contributed by atoms with Gasteiger partial charge in [-0.2, -0.15) is 5.26 Å². The van der Waals surface area contributed by atoms with Crippen molar-refractivity contribution < 1.29 is 0 Å². The van der Waals surface area contributed by atoms with Crippen LogP contribution < -0.4 is 5.32 Å². The van der Waals surface area contributed by atoms with Crippen LogP contribution in [-0.4, -0.2) is 6.54 Å². The van der Waals surface area contributed by atoms with Crippen LogP contribution in [0.25, 0.3) is 0 Å². The zero-order valence-electron chi connectivity index (χ0n) is 9.39. The smallest absolute Gasteiger partial charge is 0.101 e. The molecule has 0 aromatic heterocycles. The summed E-state index contributed by atoms with van der Waals surface area (Å²) in [4.78, 5) is 0. The Morgan fingerprint density at radius 2 is 2.25 bits per heavy atom. The van der Waals surface area contributed by atoms with Crippen LogP contribution in [0.15, 0.2) is 22.7 Å². The number of nitrogens with zero attached hydrogens (tertiary/aromatic N) is 1. The highest BCUT2D eigenvalue weighted by Gasteiger charge is 2.40. The lowest BCUT2D eigenvalue weighted by atomic mass is 10.0. The summed E-state index contributed by atoms with van der Waals surface area (Å²) >= 11 is 3.37. The first kappa shape index (κ1) is 11.5. The summed E-state index contributed by atoms with van der Waals surface area (Å²) in [5, 5.41) is 12.4. The van der Waals surface area contributed by atoms with Crippen molar-refractivity contribution in [3.63, 3.8) is 0 Å². The van der Waals surface area contributed by atoms with Crippen LogP contribution in [0.5, 0.6) is 0 Å². The van der Waals surface area contributed by atoms with E-state index < -0.39 is 0 Å². The fourth-order valence-corrected chi connectivity index (χ4v) is 2.24. The van der Waals surface area contributed by atoms with E-state index in [0.29, 0.717) is 11.0 Å². The van der Waals surface area contributed by atoms with Gasteiger partial charge in [-0.1, -0.05) is 22.9 Å². The minimum atomic E-state index is 0.500. The first-order valence-corrected chi connectivity index (χ1v) is 6.42. The number of hydrogen-bond acceptors (Lipinski definition) is 2. The lowest BCUT2D eigenvalue weighted by Gasteiger charge is -2.15. The summed E-state index contributed by atoms with van der Waals surface area (Å²) in [6, 6.07) is 8.01. The van der Waals surface area contributed by atoms with Crippen molar-refractivity contribution in [1.82, 2.24) is 0 Å². The molecule has 2 nitrogen and oxygen atoms in total. The van der Waals surface area contributed by atoms with E-state index in [2.05, 4.69) is 34.2 Å². The Kier molecular flexibility index (Phi) is 3.20. The van der Waals surface area contributed by atoms with E-state index in [-0.39, 0.29) is 0 Å². The van der Waals surface area contributed by atoms with Gasteiger partial charge in [-0.3, -0.25) is 0 Å². The molecule has 0 aliphatic heterocycles. The van der Waals surface area contributed by atoms with Crippen molar-refractivity contribution in [2.45, 2.75) is 26.2 Å². The zero-order valence-corrected chi connectivity index (χ0v) is 11.0. The van der Waals surface area contributed by atoms with Crippen LogP contribution in [0.3, 0.4) is 0 Å². The predicted molar refractivity (Wildman–Crippen MR) is 69.3 cm³/mol. The summed E-state index contributed by atoms with van der Waals surface area (Å²) in [7, 11) is 0. The molecule has 0 unspecified atom stereocenters. The molecular formula is C13H15BrN2. The maximum atomic E-state index is 9.03. The number of anilines is 1. The summed E-state index contributed by atoms with van der Waals surface area (Å²) in [6.45, 7) is 3.22. The van der Waals surface area contributed by atoms with Crippen molar-refractivity contribution in [1.29, 1.82) is 5.26 Å². The van der Waals surface area contributed by atoms with Gasteiger partial charge < -0.3 is 5.32 Å². The number of benzene rings is 1. The zero-order chi connectivity index (χ0) is 11.6. The molecule has 1 fully saturated rings. The van der Waals surface area contributed by atoms with Gasteiger partial charge in [0.2, 0.25) is 0 Å². The summed E-state index contributed by atoms with van der Waals surface area (Å²) < 4.78 is 0.950. The molecule has 0 radical (unpaired) electrons. The Morgan fingerprint density at radius 1 is 1.50 bits per heavy atom. The van der Waals surface area contributed by atoms with Gasteiger partial charge in [0, 0.05) is 11.0 Å². The molecule has 1 aliphatic carbocycles. The minimum absolute atomic E-state index is 0.500. The van der Waals surface area contributed by atoms with Crippen molar-refractivity contribution >= 4 is 21.6 Å². The van der Waals surface area contributed by atoms with Crippen molar-refractivity contribution in [2.75, 3.05) is 11.9 Å². The van der Waals surface area contributed by atoms with Crippen molar-refractivity contribution in [3.05, 3.63) is 28.2 Å². The highest BCUT2D eigenvalue weighted by atomic mass is 79.9. The fourth-order valence-electron chi connectivity index (χ4n) is 1.88. The van der Waals surface area contributed by atoms with E-state index in [0.717, 1.165) is 16.7 Å². The van der Waals surface area contributed by atoms with E-state index in [9.17, 15) is 0 Å². The molecule has 2 rings (SSSR count). The molecule has 3 heteroatoms. The normalized spacial score (nSPS) is 16.6. The summed E-state index contributed by atoms with van der Waals surface area (Å²) in [5.74, 6) is 0. The third-order valence-electron chi connectivity index (χ3n) is 3.46. The van der Waals surface area contributed by atoms with Crippen LogP contribution in [-0.2, 0) is 0 Å². The molecule has 1 aromatic rings. The van der Waals surface area contributed by atoms with Crippen LogP contribution in [0.1, 0.15) is 31.7 Å². The van der Waals surface area contributed by atoms with Crippen molar-refractivity contribution in [2.24, 2.45) is 5.41 Å². The molecule has 1 aliphatic rings. The number of nitrogens with one attached hydrogen (secondary N) is 1. The van der Waals surface area contributed by atoms with Gasteiger partial charge in [-0.15, -0.1) is 0 Å². The molecule has 0 amide bonds. The van der Waals surface area contributed by atoms with E-state index in [1.54, 1.807) is 0 Å². The van der Waals surface area contributed by atoms with Crippen molar-refractivity contribution in [3.8, 4) is 6.07 Å². The maximum Gasteiger partial charge on any atom is 0.101 e. The topological polar surface area (TPSA) is 35.8 Å². The molecule has 1 aromatic carbocycles. The third kappa shape index (κ3) is 2.38. The standard InChI is InChI=1S/C13H15BrN2/c1-2-13(5-6-13)9-16-12-4-3-11(14)7-10(12)8-15/h3-4,7,16H,2,5-6,9H2,1H3. The molecule has 0 heterocycles. The number of hydrogen-bond donors (Lipinski definition) is 1. The second-order valence-electron chi connectivity index (χ2n) is 4.51. The largest absolute Gasteiger partial charge is 0.383 e. The Morgan fingerprint density at radius 3 is 2.81 bits per heavy atom. The first-order chi connectivity index (χ1) is 7.69. The Balaban J connectivity index is 2.07. The molecule has 0 saturated heterocycles. The molecule has 84 valence electrons. The van der Waals surface area contributed by atoms with Gasteiger partial charge in [0.15, 0.2) is 0 Å². The molecule has 1 saturated carbocycles. The molecule has 0 spiro atoms. The van der Waals surface area contributed by atoms with Gasteiger partial charge in [0.25, 0.3) is 0 Å². The highest BCUT2D eigenvalue weighted by Crippen LogP contribution is 2.48. The quantitative estimate of drug-likeness (QED) is 0.906. The van der Waals surface area contributed by atoms with Gasteiger partial charge >= 0.3 is 0 Å². The first-order valence-electron chi connectivity index (χ1n) is 5.63. The van der Waals surface area contributed by atoms with E-state index >= 15 is 0 Å². The van der Waals surface area contributed by atoms with Crippen LogP contribution >= 0.6 is 15.9 Å². The third-order valence-corrected chi connectivity index (χ3v) is 3.96. The molecule has 0 atom stereocenters. The predicted octanol–water partition coefficient (Wildman–Crippen LogP) is 3.92. The van der Waals surface area contributed by atoms with Crippen LogP contribution in [0, 0.1) is 16.7 Å². The molecular weight excluding hydrogens is 264 g/mol. The molecule has 0 bridgehead atoms. The summed E-state index contributed by atoms with van der Waals surface area (Å²) in [5.41, 5.74) is 2.16. The average molecular weight is 279 g/mol. The van der Waals surface area contributed by atoms with Gasteiger partial charge in [-0.25, -0.2) is 0 Å². The summed E-state index contributed by atoms with van der Waals surface area (Å²) in [6.07, 6.45) is 3.85. The van der Waals surface area contributed by atoms with E-state index in [4.69, 9.17) is 5.26 Å². The molecule has 16 heavy (non-hydrogen) atoms. The average Bonchev–Trinajstić information content (AvgIpc) is 3.08. The second-order valence-corrected chi connectivity index (χ2v) is 5.42. The number of halogens is 1. The fraction of sp³-hybridized carbons (Fsp3) is 0.462. The molecule has 1 N–H and O–H groups in total. The monoisotopic (exact) mass is 278 g/mol. The Labute approximate surface area is 105 Å². The van der Waals surface area contributed by atoms with Crippen LogP contribution in [0.4, 0.5) is 5.69 Å². The Bertz CT molecular complexity index is 430. The number of rotatable bonds is 4. The van der Waals surface area contributed by atoms with Gasteiger partial charge in [0.05, 0.1) is 11.3 Å². The SMILES string of the molecule is CCC1(CNc2ccc(Br)cc2C#N)CC1. The lowest BCUT2D eigenvalue weighted by molar-refractivity contribution is 0.521. The Hall–Kier alpha value is -1.01. The highest BCUT2D eigenvalue weighted by molar-refractivity contribution is 9.10. The maximum absolute atomic E-state index is 9.03. The minimum Gasteiger partial charge on any atom is -0.383 e. The number of nitriles is 1. The van der Waals surface area contributed by atoms with Crippen LogP contribution in [0.2, 0.25) is 0 Å². The van der Waals surface area contributed by atoms with Gasteiger partial charge in [-0.05, 0) is 42.9 Å². The lowest BCUT2D eigenvalue weighted by Crippen LogP contribution is -2.14. The van der Waals surface area contributed by atoms with E-state index in [1.165, 1.54) is 19.3 Å². The van der Waals surface area contributed by atoms with Gasteiger partial charge in [0.1, 0.15) is 6.07 Å².